The van der Waals surface area contributed by atoms with Gasteiger partial charge in [-0.05, 0) is 12.8 Å². The quantitative estimate of drug-likeness (QED) is 0.359. The molecule has 0 atom stereocenters. The molecule has 0 heterocycles. The lowest BCUT2D eigenvalue weighted by Crippen LogP contribution is -2.23. The highest BCUT2D eigenvalue weighted by Gasteiger charge is 2.36. The van der Waals surface area contributed by atoms with E-state index in [9.17, 15) is 22.0 Å². The standard InChI is InChI=1S/C11H11F5S/c1-3-11(17,4-2)5-6(12)8(14)10(16)9(15)7(5)13/h17H,3-4H2,1-2H3. The third kappa shape index (κ3) is 2.14. The predicted octanol–water partition coefficient (Wildman–Crippen LogP) is 4.33. The van der Waals surface area contributed by atoms with Crippen LogP contribution in [0.25, 0.3) is 0 Å². The average molecular weight is 270 g/mol. The largest absolute Gasteiger partial charge is 0.203 e. The predicted molar refractivity (Wildman–Crippen MR) is 57.5 cm³/mol. The Morgan fingerprint density at radius 2 is 1.06 bits per heavy atom. The van der Waals surface area contributed by atoms with Crippen LogP contribution in [-0.4, -0.2) is 0 Å². The van der Waals surface area contributed by atoms with Gasteiger partial charge in [-0.2, -0.15) is 12.6 Å². The van der Waals surface area contributed by atoms with E-state index < -0.39 is 39.4 Å². The first-order chi connectivity index (χ1) is 7.80. The summed E-state index contributed by atoms with van der Waals surface area (Å²) in [5, 5.41) is 0. The van der Waals surface area contributed by atoms with Crippen LogP contribution in [0.2, 0.25) is 0 Å². The van der Waals surface area contributed by atoms with Crippen LogP contribution in [0, 0.1) is 29.1 Å². The summed E-state index contributed by atoms with van der Waals surface area (Å²) in [5.41, 5.74) is -0.859. The second-order valence-corrected chi connectivity index (χ2v) is 4.54. The highest BCUT2D eigenvalue weighted by Crippen LogP contribution is 2.40. The lowest BCUT2D eigenvalue weighted by molar-refractivity contribution is 0.356. The average Bonchev–Trinajstić information content (AvgIpc) is 2.33. The van der Waals surface area contributed by atoms with E-state index in [2.05, 4.69) is 12.6 Å². The molecular formula is C11H11F5S. The fourth-order valence-electron chi connectivity index (χ4n) is 1.62. The molecular weight excluding hydrogens is 259 g/mol. The minimum Gasteiger partial charge on any atom is -0.203 e. The fourth-order valence-corrected chi connectivity index (χ4v) is 1.81. The maximum atomic E-state index is 13.5. The van der Waals surface area contributed by atoms with Crippen molar-refractivity contribution in [2.75, 3.05) is 0 Å². The first-order valence-electron chi connectivity index (χ1n) is 5.04. The van der Waals surface area contributed by atoms with E-state index in [0.717, 1.165) is 0 Å². The van der Waals surface area contributed by atoms with Crippen LogP contribution >= 0.6 is 12.6 Å². The minimum atomic E-state index is -2.15. The number of thiol groups is 1. The molecule has 0 nitrogen and oxygen atoms in total. The molecule has 0 fully saturated rings. The summed E-state index contributed by atoms with van der Waals surface area (Å²) in [5.74, 6) is -9.62. The summed E-state index contributed by atoms with van der Waals surface area (Å²) >= 11 is 4.04. The van der Waals surface area contributed by atoms with Crippen LogP contribution in [-0.2, 0) is 4.75 Å². The lowest BCUT2D eigenvalue weighted by Gasteiger charge is -2.27. The third-order valence-corrected chi connectivity index (χ3v) is 3.70. The van der Waals surface area contributed by atoms with Crippen LogP contribution in [0.5, 0.6) is 0 Å². The van der Waals surface area contributed by atoms with Crippen molar-refractivity contribution >= 4 is 12.6 Å². The van der Waals surface area contributed by atoms with Crippen LogP contribution in [0.15, 0.2) is 0 Å². The van der Waals surface area contributed by atoms with Gasteiger partial charge < -0.3 is 0 Å². The Balaban J connectivity index is 3.65. The lowest BCUT2D eigenvalue weighted by atomic mass is 9.91. The van der Waals surface area contributed by atoms with E-state index in [1.54, 1.807) is 13.8 Å². The monoisotopic (exact) mass is 270 g/mol. The first-order valence-corrected chi connectivity index (χ1v) is 5.49. The Morgan fingerprint density at radius 1 is 0.765 bits per heavy atom. The van der Waals surface area contributed by atoms with Crippen molar-refractivity contribution in [1.29, 1.82) is 0 Å². The van der Waals surface area contributed by atoms with E-state index in [1.165, 1.54) is 0 Å². The van der Waals surface area contributed by atoms with Crippen LogP contribution in [0.1, 0.15) is 32.3 Å². The molecule has 0 saturated heterocycles. The van der Waals surface area contributed by atoms with E-state index in [1.807, 2.05) is 0 Å². The Morgan fingerprint density at radius 3 is 1.35 bits per heavy atom. The second-order valence-electron chi connectivity index (χ2n) is 3.68. The summed E-state index contributed by atoms with van der Waals surface area (Å²) < 4.78 is 64.5. The molecule has 0 bridgehead atoms. The van der Waals surface area contributed by atoms with E-state index in [4.69, 9.17) is 0 Å². The topological polar surface area (TPSA) is 0 Å². The molecule has 1 aromatic rings. The Labute approximate surface area is 101 Å². The molecule has 0 N–H and O–H groups in total. The molecule has 0 aromatic heterocycles. The van der Waals surface area contributed by atoms with Crippen LogP contribution in [0.3, 0.4) is 0 Å². The van der Waals surface area contributed by atoms with Crippen molar-refractivity contribution in [1.82, 2.24) is 0 Å². The maximum absolute atomic E-state index is 13.5. The number of hydrogen-bond donors (Lipinski definition) is 1. The molecule has 0 aliphatic heterocycles. The van der Waals surface area contributed by atoms with Gasteiger partial charge >= 0.3 is 0 Å². The van der Waals surface area contributed by atoms with Gasteiger partial charge in [0.15, 0.2) is 23.3 Å². The Bertz CT molecular complexity index is 411. The van der Waals surface area contributed by atoms with Gasteiger partial charge in [0.1, 0.15) is 0 Å². The third-order valence-electron chi connectivity index (χ3n) is 2.84. The molecule has 0 saturated carbocycles. The molecule has 6 heteroatoms. The van der Waals surface area contributed by atoms with Crippen LogP contribution in [0.4, 0.5) is 22.0 Å². The van der Waals surface area contributed by atoms with Crippen molar-refractivity contribution in [3.05, 3.63) is 34.6 Å². The van der Waals surface area contributed by atoms with Gasteiger partial charge in [-0.15, -0.1) is 0 Å². The molecule has 1 aromatic carbocycles. The smallest absolute Gasteiger partial charge is 0.200 e. The molecule has 0 aliphatic rings. The summed E-state index contributed by atoms with van der Waals surface area (Å²) in [7, 11) is 0. The molecule has 0 spiro atoms. The molecule has 17 heavy (non-hydrogen) atoms. The van der Waals surface area contributed by atoms with Gasteiger partial charge in [-0.1, -0.05) is 13.8 Å². The van der Waals surface area contributed by atoms with Gasteiger partial charge in [0.05, 0.1) is 0 Å². The Hall–Kier alpha value is -0.780. The zero-order chi connectivity index (χ0) is 13.4. The summed E-state index contributed by atoms with van der Waals surface area (Å²) in [6, 6.07) is 0. The molecule has 0 aliphatic carbocycles. The highest BCUT2D eigenvalue weighted by atomic mass is 32.1. The van der Waals surface area contributed by atoms with Crippen molar-refractivity contribution < 1.29 is 22.0 Å². The summed E-state index contributed by atoms with van der Waals surface area (Å²) in [4.78, 5) is 0. The van der Waals surface area contributed by atoms with Gasteiger partial charge in [0.2, 0.25) is 5.82 Å². The van der Waals surface area contributed by atoms with E-state index >= 15 is 0 Å². The first kappa shape index (κ1) is 14.3. The molecule has 0 amide bonds. The zero-order valence-corrected chi connectivity index (χ0v) is 10.1. The fraction of sp³-hybridized carbons (Fsp3) is 0.455. The molecule has 0 unspecified atom stereocenters. The number of rotatable bonds is 3. The van der Waals surface area contributed by atoms with Crippen molar-refractivity contribution in [2.24, 2.45) is 0 Å². The maximum Gasteiger partial charge on any atom is 0.200 e. The van der Waals surface area contributed by atoms with Crippen molar-refractivity contribution in [2.45, 2.75) is 31.4 Å². The second kappa shape index (κ2) is 4.84. The Kier molecular flexibility index (Phi) is 4.06. The highest BCUT2D eigenvalue weighted by molar-refractivity contribution is 7.81. The number of halogens is 5. The van der Waals surface area contributed by atoms with Crippen LogP contribution < -0.4 is 0 Å². The van der Waals surface area contributed by atoms with Gasteiger partial charge in [-0.25, -0.2) is 22.0 Å². The van der Waals surface area contributed by atoms with Crippen molar-refractivity contribution in [3.8, 4) is 0 Å². The summed E-state index contributed by atoms with van der Waals surface area (Å²) in [6.07, 6.45) is 0.288. The molecule has 0 radical (unpaired) electrons. The minimum absolute atomic E-state index is 0.144. The number of hydrogen-bond acceptors (Lipinski definition) is 1. The van der Waals surface area contributed by atoms with Gasteiger partial charge in [0.25, 0.3) is 0 Å². The molecule has 1 rings (SSSR count). The number of benzene rings is 1. The van der Waals surface area contributed by atoms with Gasteiger partial charge in [0, 0.05) is 10.3 Å². The molecule has 96 valence electrons. The van der Waals surface area contributed by atoms with Gasteiger partial charge in [-0.3, -0.25) is 0 Å². The zero-order valence-electron chi connectivity index (χ0n) is 9.25. The SMILES string of the molecule is CCC(S)(CC)c1c(F)c(F)c(F)c(F)c1F. The normalized spacial score (nSPS) is 12.0. The van der Waals surface area contributed by atoms with E-state index in [-0.39, 0.29) is 12.8 Å². The van der Waals surface area contributed by atoms with E-state index in [0.29, 0.717) is 0 Å². The summed E-state index contributed by atoms with van der Waals surface area (Å²) in [6.45, 7) is 3.13. The van der Waals surface area contributed by atoms with Crippen molar-refractivity contribution in [3.63, 3.8) is 0 Å².